The van der Waals surface area contributed by atoms with Crippen molar-refractivity contribution < 1.29 is 4.79 Å². The molecule has 98 valence electrons. The van der Waals surface area contributed by atoms with Gasteiger partial charge in [0, 0.05) is 17.8 Å². The normalized spacial score (nSPS) is 16.7. The van der Waals surface area contributed by atoms with E-state index in [-0.39, 0.29) is 11.8 Å². The Labute approximate surface area is 113 Å². The van der Waals surface area contributed by atoms with E-state index in [0.29, 0.717) is 16.1 Å². The van der Waals surface area contributed by atoms with E-state index in [1.54, 1.807) is 6.07 Å². The van der Waals surface area contributed by atoms with Gasteiger partial charge >= 0.3 is 0 Å². The molecule has 0 atom stereocenters. The molecule has 18 heavy (non-hydrogen) atoms. The van der Waals surface area contributed by atoms with Crippen LogP contribution in [0.25, 0.3) is 0 Å². The van der Waals surface area contributed by atoms with E-state index in [2.05, 4.69) is 17.2 Å². The topological polar surface area (TPSA) is 42.0 Å². The van der Waals surface area contributed by atoms with Crippen molar-refractivity contribution in [3.8, 4) is 0 Å². The quantitative estimate of drug-likeness (QED) is 0.849. The van der Waals surface area contributed by atoms with Gasteiger partial charge < -0.3 is 5.32 Å². The third-order valence-corrected chi connectivity index (χ3v) is 3.64. The Morgan fingerprint density at radius 1 is 1.50 bits per heavy atom. The first-order valence-electron chi connectivity index (χ1n) is 6.35. The van der Waals surface area contributed by atoms with Crippen LogP contribution in [0.5, 0.6) is 0 Å². The van der Waals surface area contributed by atoms with Crippen molar-refractivity contribution in [1.29, 1.82) is 0 Å². The van der Waals surface area contributed by atoms with E-state index in [4.69, 9.17) is 11.6 Å². The summed E-state index contributed by atoms with van der Waals surface area (Å²) in [7, 11) is 0. The molecule has 4 heteroatoms. The first-order chi connectivity index (χ1) is 8.39. The summed E-state index contributed by atoms with van der Waals surface area (Å²) in [6.45, 7) is 6.99. The third kappa shape index (κ3) is 3.22. The second-order valence-electron chi connectivity index (χ2n) is 5.75. The molecule has 1 saturated carbocycles. The van der Waals surface area contributed by atoms with Crippen LogP contribution in [-0.2, 0) is 0 Å². The predicted octanol–water partition coefficient (Wildman–Crippen LogP) is 3.39. The lowest BCUT2D eigenvalue weighted by Gasteiger charge is -2.12. The molecule has 0 unspecified atom stereocenters. The summed E-state index contributed by atoms with van der Waals surface area (Å²) in [6, 6.07) is 3.44. The Balaban J connectivity index is 2.09. The maximum atomic E-state index is 12.0. The minimum atomic E-state index is -0.0608. The molecule has 1 amide bonds. The summed E-state index contributed by atoms with van der Waals surface area (Å²) in [6.07, 6.45) is 2.39. The fraction of sp³-hybridized carbons (Fsp3) is 0.571. The van der Waals surface area contributed by atoms with Crippen LogP contribution in [0.3, 0.4) is 0 Å². The van der Waals surface area contributed by atoms with Gasteiger partial charge in [0.15, 0.2) is 0 Å². The molecule has 1 fully saturated rings. The molecule has 1 aliphatic rings. The van der Waals surface area contributed by atoms with Gasteiger partial charge in [0.1, 0.15) is 5.15 Å². The lowest BCUT2D eigenvalue weighted by molar-refractivity contribution is 0.0946. The molecule has 1 aromatic rings. The molecule has 3 nitrogen and oxygen atoms in total. The fourth-order valence-electron chi connectivity index (χ4n) is 1.73. The molecule has 0 spiro atoms. The molecule has 0 aliphatic heterocycles. The van der Waals surface area contributed by atoms with Gasteiger partial charge in [0.25, 0.3) is 5.91 Å². The highest BCUT2D eigenvalue weighted by molar-refractivity contribution is 6.29. The van der Waals surface area contributed by atoms with E-state index >= 15 is 0 Å². The minimum absolute atomic E-state index is 0.0608. The van der Waals surface area contributed by atoms with Gasteiger partial charge in [-0.15, -0.1) is 0 Å². The monoisotopic (exact) mass is 266 g/mol. The highest BCUT2D eigenvalue weighted by Crippen LogP contribution is 2.44. The summed E-state index contributed by atoms with van der Waals surface area (Å²) in [5, 5.41) is 3.35. The summed E-state index contributed by atoms with van der Waals surface area (Å²) in [5.41, 5.74) is 1.76. The van der Waals surface area contributed by atoms with Gasteiger partial charge in [-0.05, 0) is 36.3 Å². The molecule has 1 aromatic heterocycles. The predicted molar refractivity (Wildman–Crippen MR) is 73.0 cm³/mol. The second-order valence-corrected chi connectivity index (χ2v) is 6.14. The van der Waals surface area contributed by atoms with Crippen molar-refractivity contribution in [1.82, 2.24) is 10.3 Å². The van der Waals surface area contributed by atoms with Gasteiger partial charge in [-0.2, -0.15) is 0 Å². The molecule has 2 rings (SSSR count). The number of aromatic nitrogens is 1. The van der Waals surface area contributed by atoms with Gasteiger partial charge in [-0.3, -0.25) is 4.79 Å². The Hall–Kier alpha value is -1.09. The summed E-state index contributed by atoms with van der Waals surface area (Å²) >= 11 is 5.95. The smallest absolute Gasteiger partial charge is 0.251 e. The number of pyridine rings is 1. The zero-order valence-corrected chi connectivity index (χ0v) is 11.8. The number of hydrogen-bond acceptors (Lipinski definition) is 2. The van der Waals surface area contributed by atoms with Crippen molar-refractivity contribution in [2.24, 2.45) is 5.41 Å². The number of hydrogen-bond donors (Lipinski definition) is 1. The largest absolute Gasteiger partial charge is 0.351 e. The summed E-state index contributed by atoms with van der Waals surface area (Å²) in [5.74, 6) is 0.200. The van der Waals surface area contributed by atoms with Crippen LogP contribution in [0.2, 0.25) is 5.15 Å². The molecule has 0 radical (unpaired) electrons. The number of carbonyl (C=O) groups excluding carboxylic acids is 1. The van der Waals surface area contributed by atoms with E-state index in [1.165, 1.54) is 12.8 Å². The molecular formula is C14H19ClN2O. The number of halogens is 1. The van der Waals surface area contributed by atoms with E-state index in [0.717, 1.165) is 12.2 Å². The molecular weight excluding hydrogens is 248 g/mol. The highest BCUT2D eigenvalue weighted by Gasteiger charge is 2.37. The van der Waals surface area contributed by atoms with Crippen molar-refractivity contribution in [3.05, 3.63) is 28.5 Å². The molecule has 1 heterocycles. The lowest BCUT2D eigenvalue weighted by Crippen LogP contribution is -2.29. The van der Waals surface area contributed by atoms with Gasteiger partial charge in [0.2, 0.25) is 0 Å². The molecule has 0 aromatic carbocycles. The zero-order valence-electron chi connectivity index (χ0n) is 11.1. The average molecular weight is 267 g/mol. The van der Waals surface area contributed by atoms with Gasteiger partial charge in [-0.25, -0.2) is 4.98 Å². The standard InChI is InChI=1S/C14H19ClN2O/c1-9(2)11-6-10(7-12(15)17-11)13(18)16-8-14(3)4-5-14/h6-7,9H,4-5,8H2,1-3H3,(H,16,18). The van der Waals surface area contributed by atoms with Crippen LogP contribution in [0.4, 0.5) is 0 Å². The van der Waals surface area contributed by atoms with Crippen molar-refractivity contribution in [2.45, 2.75) is 39.5 Å². The third-order valence-electron chi connectivity index (χ3n) is 3.45. The number of nitrogens with one attached hydrogen (secondary N) is 1. The van der Waals surface area contributed by atoms with Gasteiger partial charge in [0.05, 0.1) is 0 Å². The number of nitrogens with zero attached hydrogens (tertiary/aromatic N) is 1. The second kappa shape index (κ2) is 4.88. The Morgan fingerprint density at radius 3 is 2.72 bits per heavy atom. The van der Waals surface area contributed by atoms with Crippen LogP contribution in [0.15, 0.2) is 12.1 Å². The van der Waals surface area contributed by atoms with Crippen molar-refractivity contribution in [2.75, 3.05) is 6.54 Å². The van der Waals surface area contributed by atoms with Crippen molar-refractivity contribution in [3.63, 3.8) is 0 Å². The summed E-state index contributed by atoms with van der Waals surface area (Å²) < 4.78 is 0. The van der Waals surface area contributed by atoms with Crippen LogP contribution in [0.1, 0.15) is 55.6 Å². The van der Waals surface area contributed by atoms with Crippen LogP contribution in [-0.4, -0.2) is 17.4 Å². The minimum Gasteiger partial charge on any atom is -0.351 e. The highest BCUT2D eigenvalue weighted by atomic mass is 35.5. The fourth-order valence-corrected chi connectivity index (χ4v) is 1.95. The van der Waals surface area contributed by atoms with Crippen LogP contribution >= 0.6 is 11.6 Å². The Bertz CT molecular complexity index is 467. The first kappa shape index (κ1) is 13.3. The van der Waals surface area contributed by atoms with Crippen molar-refractivity contribution >= 4 is 17.5 Å². The molecule has 1 aliphatic carbocycles. The van der Waals surface area contributed by atoms with E-state index in [1.807, 2.05) is 19.9 Å². The number of rotatable bonds is 4. The number of carbonyl (C=O) groups is 1. The number of amides is 1. The molecule has 1 N–H and O–H groups in total. The van der Waals surface area contributed by atoms with E-state index in [9.17, 15) is 4.79 Å². The van der Waals surface area contributed by atoms with Crippen LogP contribution < -0.4 is 5.32 Å². The maximum absolute atomic E-state index is 12.0. The average Bonchev–Trinajstić information content (AvgIpc) is 3.04. The van der Waals surface area contributed by atoms with E-state index < -0.39 is 0 Å². The molecule has 0 bridgehead atoms. The lowest BCUT2D eigenvalue weighted by atomic mass is 10.1. The first-order valence-corrected chi connectivity index (χ1v) is 6.73. The summed E-state index contributed by atoms with van der Waals surface area (Å²) in [4.78, 5) is 16.3. The van der Waals surface area contributed by atoms with Gasteiger partial charge in [-0.1, -0.05) is 32.4 Å². The van der Waals surface area contributed by atoms with Crippen LogP contribution in [0, 0.1) is 5.41 Å². The molecule has 0 saturated heterocycles. The maximum Gasteiger partial charge on any atom is 0.251 e. The Kier molecular flexibility index (Phi) is 3.62. The zero-order chi connectivity index (χ0) is 13.3. The Morgan fingerprint density at radius 2 is 2.17 bits per heavy atom. The SMILES string of the molecule is CC(C)c1cc(C(=O)NCC2(C)CC2)cc(Cl)n1.